The van der Waals surface area contributed by atoms with Crippen molar-refractivity contribution in [1.29, 1.82) is 0 Å². The first-order valence-corrected chi connectivity index (χ1v) is 4.34. The van der Waals surface area contributed by atoms with Gasteiger partial charge in [-0.3, -0.25) is 5.43 Å². The Morgan fingerprint density at radius 3 is 2.77 bits per heavy atom. The normalized spacial score (nSPS) is 29.8. The number of nitrogens with one attached hydrogen (secondary N) is 2. The van der Waals surface area contributed by atoms with Crippen LogP contribution < -0.4 is 20.3 Å². The van der Waals surface area contributed by atoms with Gasteiger partial charge in [0.05, 0.1) is 6.54 Å². The first kappa shape index (κ1) is 7.17. The molecule has 0 radical (unpaired) electrons. The lowest BCUT2D eigenvalue weighted by Gasteiger charge is -2.27. The molecule has 1 fully saturated rings. The number of hydrazine groups is 1. The number of ether oxygens (including phenoxy) is 2. The molecule has 1 aromatic carbocycles. The second-order valence-corrected chi connectivity index (χ2v) is 3.17. The largest absolute Gasteiger partial charge is 0.480 e. The van der Waals surface area contributed by atoms with E-state index in [0.717, 1.165) is 18.0 Å². The van der Waals surface area contributed by atoms with Crippen LogP contribution in [0.3, 0.4) is 0 Å². The Balaban J connectivity index is 1.97. The van der Waals surface area contributed by atoms with Gasteiger partial charge in [-0.05, 0) is 12.1 Å². The summed E-state index contributed by atoms with van der Waals surface area (Å²) in [5.41, 5.74) is 6.00. The fraction of sp³-hybridized carbons (Fsp3) is 0.333. The van der Waals surface area contributed by atoms with Gasteiger partial charge in [0.25, 0.3) is 0 Å². The van der Waals surface area contributed by atoms with Gasteiger partial charge in [-0.1, -0.05) is 12.1 Å². The first-order valence-electron chi connectivity index (χ1n) is 4.34. The molecule has 2 atom stereocenters. The summed E-state index contributed by atoms with van der Waals surface area (Å²) < 4.78 is 11.4. The van der Waals surface area contributed by atoms with E-state index in [-0.39, 0.29) is 12.3 Å². The predicted octanol–water partition coefficient (Wildman–Crippen LogP) is 0.260. The number of hydrogen-bond donors (Lipinski definition) is 2. The second-order valence-electron chi connectivity index (χ2n) is 3.17. The maximum atomic E-state index is 5.71. The summed E-state index contributed by atoms with van der Waals surface area (Å²) in [6.45, 7) is 0.777. The van der Waals surface area contributed by atoms with Gasteiger partial charge in [-0.2, -0.15) is 0 Å². The minimum Gasteiger partial charge on any atom is -0.480 e. The van der Waals surface area contributed by atoms with Gasteiger partial charge < -0.3 is 9.47 Å². The molecular formula is C9H10N2O2. The topological polar surface area (TPSA) is 42.5 Å². The fourth-order valence-corrected chi connectivity index (χ4v) is 1.61. The third-order valence-electron chi connectivity index (χ3n) is 2.27. The zero-order valence-electron chi connectivity index (χ0n) is 6.99. The van der Waals surface area contributed by atoms with Gasteiger partial charge in [0.1, 0.15) is 0 Å². The van der Waals surface area contributed by atoms with Crippen LogP contribution in [0, 0.1) is 0 Å². The molecule has 3 rings (SSSR count). The Labute approximate surface area is 75.8 Å². The summed E-state index contributed by atoms with van der Waals surface area (Å²) in [7, 11) is 0. The summed E-state index contributed by atoms with van der Waals surface area (Å²) in [6, 6.07) is 7.71. The van der Waals surface area contributed by atoms with E-state index in [9.17, 15) is 0 Å². The SMILES string of the molecule is c1ccc2c(c1)OC1CNNC1O2. The molecule has 2 N–H and O–H groups in total. The van der Waals surface area contributed by atoms with Crippen molar-refractivity contribution >= 4 is 0 Å². The molecule has 2 aliphatic rings. The molecule has 13 heavy (non-hydrogen) atoms. The molecule has 2 unspecified atom stereocenters. The van der Waals surface area contributed by atoms with Gasteiger partial charge in [-0.15, -0.1) is 0 Å². The number of rotatable bonds is 0. The van der Waals surface area contributed by atoms with Crippen LogP contribution in [0.4, 0.5) is 0 Å². The minimum atomic E-state index is -0.0603. The third-order valence-corrected chi connectivity index (χ3v) is 2.27. The Kier molecular flexibility index (Phi) is 1.44. The van der Waals surface area contributed by atoms with Gasteiger partial charge in [0.2, 0.25) is 6.23 Å². The number of para-hydroxylation sites is 2. The number of benzene rings is 1. The molecule has 0 aromatic heterocycles. The van der Waals surface area contributed by atoms with Crippen LogP contribution in [-0.2, 0) is 0 Å². The zero-order chi connectivity index (χ0) is 8.67. The molecule has 1 saturated heterocycles. The van der Waals surface area contributed by atoms with Crippen molar-refractivity contribution in [2.45, 2.75) is 12.3 Å². The maximum Gasteiger partial charge on any atom is 0.201 e. The van der Waals surface area contributed by atoms with E-state index >= 15 is 0 Å². The second kappa shape index (κ2) is 2.61. The summed E-state index contributed by atoms with van der Waals surface area (Å²) in [4.78, 5) is 0. The van der Waals surface area contributed by atoms with Crippen molar-refractivity contribution in [3.63, 3.8) is 0 Å². The fourth-order valence-electron chi connectivity index (χ4n) is 1.61. The molecule has 4 nitrogen and oxygen atoms in total. The summed E-state index contributed by atoms with van der Waals surface area (Å²) in [6.07, 6.45) is 0.0183. The molecule has 2 heterocycles. The third kappa shape index (κ3) is 1.07. The average molecular weight is 178 g/mol. The Hall–Kier alpha value is -1.26. The van der Waals surface area contributed by atoms with E-state index in [1.165, 1.54) is 0 Å². The Morgan fingerprint density at radius 1 is 1.15 bits per heavy atom. The van der Waals surface area contributed by atoms with Crippen molar-refractivity contribution in [3.8, 4) is 11.5 Å². The van der Waals surface area contributed by atoms with Gasteiger partial charge in [0, 0.05) is 0 Å². The molecule has 0 saturated carbocycles. The highest BCUT2D eigenvalue weighted by Crippen LogP contribution is 2.33. The van der Waals surface area contributed by atoms with Crippen LogP contribution in [0.5, 0.6) is 11.5 Å². The monoisotopic (exact) mass is 178 g/mol. The number of hydrogen-bond acceptors (Lipinski definition) is 4. The molecule has 0 spiro atoms. The van der Waals surface area contributed by atoms with Crippen LogP contribution in [-0.4, -0.2) is 18.9 Å². The molecule has 2 aliphatic heterocycles. The molecule has 1 aromatic rings. The van der Waals surface area contributed by atoms with E-state index in [4.69, 9.17) is 9.47 Å². The highest BCUT2D eigenvalue weighted by molar-refractivity contribution is 5.41. The zero-order valence-corrected chi connectivity index (χ0v) is 6.99. The van der Waals surface area contributed by atoms with Crippen molar-refractivity contribution in [3.05, 3.63) is 24.3 Å². The molecule has 68 valence electrons. The van der Waals surface area contributed by atoms with E-state index in [2.05, 4.69) is 10.9 Å². The minimum absolute atomic E-state index is 0.0603. The summed E-state index contributed by atoms with van der Waals surface area (Å²) >= 11 is 0. The summed E-state index contributed by atoms with van der Waals surface area (Å²) in [5, 5.41) is 0. The van der Waals surface area contributed by atoms with E-state index in [1.54, 1.807) is 0 Å². The quantitative estimate of drug-likeness (QED) is 0.598. The molecule has 0 aliphatic carbocycles. The Bertz CT molecular complexity index is 298. The molecule has 0 amide bonds. The predicted molar refractivity (Wildman–Crippen MR) is 46.4 cm³/mol. The van der Waals surface area contributed by atoms with Crippen LogP contribution in [0.15, 0.2) is 24.3 Å². The van der Waals surface area contributed by atoms with Crippen LogP contribution >= 0.6 is 0 Å². The maximum absolute atomic E-state index is 5.71. The van der Waals surface area contributed by atoms with Gasteiger partial charge in [-0.25, -0.2) is 5.43 Å². The van der Waals surface area contributed by atoms with Crippen molar-refractivity contribution in [2.24, 2.45) is 0 Å². The van der Waals surface area contributed by atoms with Gasteiger partial charge in [0.15, 0.2) is 17.6 Å². The lowest BCUT2D eigenvalue weighted by molar-refractivity contribution is 0.0364. The lowest BCUT2D eigenvalue weighted by atomic mass is 10.2. The Morgan fingerprint density at radius 2 is 1.92 bits per heavy atom. The van der Waals surface area contributed by atoms with Crippen LogP contribution in [0.1, 0.15) is 0 Å². The highest BCUT2D eigenvalue weighted by atomic mass is 16.6. The molecular weight excluding hydrogens is 168 g/mol. The van der Waals surface area contributed by atoms with E-state index in [1.807, 2.05) is 24.3 Å². The van der Waals surface area contributed by atoms with E-state index in [0.29, 0.717) is 0 Å². The number of fused-ring (bicyclic) bond motifs is 2. The smallest absolute Gasteiger partial charge is 0.201 e. The van der Waals surface area contributed by atoms with Crippen molar-refractivity contribution in [2.75, 3.05) is 6.54 Å². The first-order chi connectivity index (χ1) is 6.43. The highest BCUT2D eigenvalue weighted by Gasteiger charge is 2.35. The molecule has 4 heteroatoms. The summed E-state index contributed by atoms with van der Waals surface area (Å²) in [5.74, 6) is 1.63. The molecule has 0 bridgehead atoms. The van der Waals surface area contributed by atoms with E-state index < -0.39 is 0 Å². The van der Waals surface area contributed by atoms with Crippen LogP contribution in [0.25, 0.3) is 0 Å². The lowest BCUT2D eigenvalue weighted by Crippen LogP contribution is -2.43. The average Bonchev–Trinajstić information content (AvgIpc) is 2.61. The van der Waals surface area contributed by atoms with Crippen LogP contribution in [0.2, 0.25) is 0 Å². The van der Waals surface area contributed by atoms with Crippen molar-refractivity contribution in [1.82, 2.24) is 10.9 Å². The van der Waals surface area contributed by atoms with Crippen molar-refractivity contribution < 1.29 is 9.47 Å². The standard InChI is InChI=1S/C9H10N2O2/c1-2-4-7-6(3-1)12-8-5-10-11-9(8)13-7/h1-4,8-11H,5H2. The van der Waals surface area contributed by atoms with Gasteiger partial charge >= 0.3 is 0 Å².